The molecule has 0 spiro atoms. The number of carboxylic acids is 2. The van der Waals surface area contributed by atoms with Crippen LogP contribution in [0.5, 0.6) is 0 Å². The molecule has 0 aliphatic rings. The Morgan fingerprint density at radius 1 is 0.733 bits per heavy atom. The van der Waals surface area contributed by atoms with Gasteiger partial charge in [0.15, 0.2) is 0 Å². The molecule has 0 atom stereocenters. The first kappa shape index (κ1) is 17.9. The fourth-order valence-electron chi connectivity index (χ4n) is 1.26. The van der Waals surface area contributed by atoms with Crippen LogP contribution in [-0.2, 0) is 9.59 Å². The Morgan fingerprint density at radius 3 is 1.27 bits per heavy atom. The molecule has 0 heterocycles. The van der Waals surface area contributed by atoms with E-state index >= 15 is 0 Å². The van der Waals surface area contributed by atoms with Crippen molar-refractivity contribution in [1.29, 1.82) is 0 Å². The topological polar surface area (TPSA) is 74.6 Å². The predicted molar refractivity (Wildman–Crippen MR) is 60.2 cm³/mol. The second kappa shape index (κ2) is 12.6. The molecule has 0 bridgehead atoms. The van der Waals surface area contributed by atoms with E-state index in [1.165, 1.54) is 0 Å². The number of rotatable bonds is 9. The van der Waals surface area contributed by atoms with Gasteiger partial charge in [0.1, 0.15) is 0 Å². The summed E-state index contributed by atoms with van der Waals surface area (Å²) in [6, 6.07) is 0. The third kappa shape index (κ3) is 17.1. The maximum absolute atomic E-state index is 10.1. The summed E-state index contributed by atoms with van der Waals surface area (Å²) in [6.07, 6.45) is 5.82. The van der Waals surface area contributed by atoms with E-state index in [4.69, 9.17) is 10.2 Å². The molecule has 0 aromatic heterocycles. The van der Waals surface area contributed by atoms with E-state index in [-0.39, 0.29) is 64.6 Å². The zero-order chi connectivity index (χ0) is 10.8. The normalized spacial score (nSPS) is 9.33. The Balaban J connectivity index is -0.000000282. The van der Waals surface area contributed by atoms with E-state index in [0.717, 1.165) is 38.5 Å². The number of carboxylic acid groups (broad SMARTS) is 2. The van der Waals surface area contributed by atoms with Crippen LogP contribution in [0.2, 0.25) is 0 Å². The van der Waals surface area contributed by atoms with Crippen LogP contribution in [0.1, 0.15) is 54.2 Å². The Kier molecular flexibility index (Phi) is 15.0. The minimum absolute atomic E-state index is 0. The standard InChI is InChI=1S/C10H18O4.Ba.2H/c11-9(12)7-5-3-1-2-4-6-8-10(13)14;;;/h1-8H2,(H,11,12)(H,13,14);;;/q;+2;2*-1. The molecule has 86 valence electrons. The van der Waals surface area contributed by atoms with Crippen LogP contribution in [0.15, 0.2) is 0 Å². The van der Waals surface area contributed by atoms with Gasteiger partial charge in [-0.05, 0) is 12.8 Å². The number of hydrogen-bond donors (Lipinski definition) is 2. The Hall–Kier alpha value is 0.511. The number of aliphatic carboxylic acids is 2. The molecule has 0 aliphatic carbocycles. The van der Waals surface area contributed by atoms with Crippen molar-refractivity contribution < 1.29 is 22.7 Å². The molecule has 0 amide bonds. The van der Waals surface area contributed by atoms with Crippen molar-refractivity contribution in [3.05, 3.63) is 0 Å². The summed E-state index contributed by atoms with van der Waals surface area (Å²) in [7, 11) is 0. The van der Waals surface area contributed by atoms with Crippen molar-refractivity contribution in [3.8, 4) is 0 Å². The van der Waals surface area contributed by atoms with Crippen LogP contribution < -0.4 is 0 Å². The van der Waals surface area contributed by atoms with Gasteiger partial charge in [-0.25, -0.2) is 0 Å². The predicted octanol–water partition coefficient (Wildman–Crippen LogP) is 2.12. The van der Waals surface area contributed by atoms with Gasteiger partial charge in [0.2, 0.25) is 0 Å². The molecular weight excluding hydrogens is 321 g/mol. The monoisotopic (exact) mass is 342 g/mol. The van der Waals surface area contributed by atoms with Gasteiger partial charge in [0.05, 0.1) is 0 Å². The van der Waals surface area contributed by atoms with Crippen molar-refractivity contribution >= 4 is 60.8 Å². The summed E-state index contributed by atoms with van der Waals surface area (Å²) in [4.78, 5) is 20.3. The quantitative estimate of drug-likeness (QED) is 0.497. The van der Waals surface area contributed by atoms with Crippen LogP contribution in [-0.4, -0.2) is 71.0 Å². The second-order valence-corrected chi connectivity index (χ2v) is 3.41. The van der Waals surface area contributed by atoms with Crippen molar-refractivity contribution in [1.82, 2.24) is 0 Å². The van der Waals surface area contributed by atoms with Crippen molar-refractivity contribution in [2.24, 2.45) is 0 Å². The van der Waals surface area contributed by atoms with Crippen molar-refractivity contribution in [3.63, 3.8) is 0 Å². The number of carbonyl (C=O) groups is 2. The average molecular weight is 342 g/mol. The van der Waals surface area contributed by atoms with E-state index in [1.807, 2.05) is 0 Å². The van der Waals surface area contributed by atoms with Crippen molar-refractivity contribution in [2.75, 3.05) is 0 Å². The summed E-state index contributed by atoms with van der Waals surface area (Å²) < 4.78 is 0. The first-order valence-electron chi connectivity index (χ1n) is 5.06. The maximum atomic E-state index is 10.1. The summed E-state index contributed by atoms with van der Waals surface area (Å²) in [5, 5.41) is 16.7. The number of unbranched alkanes of at least 4 members (excludes halogenated alkanes) is 5. The molecule has 2 N–H and O–H groups in total. The van der Waals surface area contributed by atoms with Gasteiger partial charge in [-0.1, -0.05) is 25.7 Å². The first-order chi connectivity index (χ1) is 6.63. The fraction of sp³-hybridized carbons (Fsp3) is 0.800. The number of hydrogen-bond acceptors (Lipinski definition) is 2. The molecule has 0 saturated heterocycles. The molecule has 0 aromatic carbocycles. The minimum Gasteiger partial charge on any atom is -1.00 e. The molecule has 0 rings (SSSR count). The van der Waals surface area contributed by atoms with Crippen LogP contribution in [0.3, 0.4) is 0 Å². The van der Waals surface area contributed by atoms with Gasteiger partial charge in [0.25, 0.3) is 0 Å². The smallest absolute Gasteiger partial charge is 1.00 e. The molecular formula is C10H20BaO4. The second-order valence-electron chi connectivity index (χ2n) is 3.41. The van der Waals surface area contributed by atoms with Crippen LogP contribution in [0, 0.1) is 0 Å². The third-order valence-corrected chi connectivity index (χ3v) is 2.03. The summed E-state index contributed by atoms with van der Waals surface area (Å²) in [5.74, 6) is -1.48. The molecule has 0 aromatic rings. The summed E-state index contributed by atoms with van der Waals surface area (Å²) in [6.45, 7) is 0. The van der Waals surface area contributed by atoms with E-state index in [9.17, 15) is 9.59 Å². The van der Waals surface area contributed by atoms with Gasteiger partial charge in [-0.15, -0.1) is 0 Å². The van der Waals surface area contributed by atoms with Crippen LogP contribution >= 0.6 is 0 Å². The minimum atomic E-state index is -0.740. The SMILES string of the molecule is O=C(O)CCCCCCCCC(=O)O.[Ba+2].[H-].[H-]. The zero-order valence-corrected chi connectivity index (χ0v) is 13.5. The fourth-order valence-corrected chi connectivity index (χ4v) is 1.26. The average Bonchev–Trinajstić information content (AvgIpc) is 2.08. The van der Waals surface area contributed by atoms with Crippen LogP contribution in [0.25, 0.3) is 0 Å². The van der Waals surface area contributed by atoms with Crippen molar-refractivity contribution in [2.45, 2.75) is 51.4 Å². The van der Waals surface area contributed by atoms with Gasteiger partial charge >= 0.3 is 60.8 Å². The van der Waals surface area contributed by atoms with Gasteiger partial charge in [-0.2, -0.15) is 0 Å². The largest absolute Gasteiger partial charge is 2.00 e. The first-order valence-corrected chi connectivity index (χ1v) is 5.06. The van der Waals surface area contributed by atoms with Gasteiger partial charge in [0, 0.05) is 12.8 Å². The Morgan fingerprint density at radius 2 is 1.00 bits per heavy atom. The summed E-state index contributed by atoms with van der Waals surface area (Å²) >= 11 is 0. The summed E-state index contributed by atoms with van der Waals surface area (Å²) in [5.41, 5.74) is 0. The van der Waals surface area contributed by atoms with Gasteiger partial charge in [-0.3, -0.25) is 9.59 Å². The van der Waals surface area contributed by atoms with E-state index in [2.05, 4.69) is 0 Å². The Labute approximate surface area is 133 Å². The van der Waals surface area contributed by atoms with Crippen LogP contribution in [0.4, 0.5) is 0 Å². The van der Waals surface area contributed by atoms with E-state index in [1.54, 1.807) is 0 Å². The molecule has 0 saturated carbocycles. The third-order valence-electron chi connectivity index (χ3n) is 2.03. The van der Waals surface area contributed by atoms with E-state index in [0.29, 0.717) is 0 Å². The maximum Gasteiger partial charge on any atom is 2.00 e. The molecule has 0 fully saturated rings. The zero-order valence-electron chi connectivity index (χ0n) is 11.1. The van der Waals surface area contributed by atoms with Gasteiger partial charge < -0.3 is 13.1 Å². The molecule has 0 unspecified atom stereocenters. The Bertz CT molecular complexity index is 171. The molecule has 0 aliphatic heterocycles. The molecule has 5 heteroatoms. The molecule has 0 radical (unpaired) electrons. The molecule has 15 heavy (non-hydrogen) atoms. The molecule has 4 nitrogen and oxygen atoms in total. The van der Waals surface area contributed by atoms with E-state index < -0.39 is 11.9 Å².